The number of para-hydroxylation sites is 1. The topological polar surface area (TPSA) is 74.7 Å². The van der Waals surface area contributed by atoms with Gasteiger partial charge in [-0.2, -0.15) is 5.10 Å². The maximum Gasteiger partial charge on any atom is 0.243 e. The van der Waals surface area contributed by atoms with Gasteiger partial charge in [0.1, 0.15) is 4.90 Å². The first-order chi connectivity index (χ1) is 17.2. The van der Waals surface area contributed by atoms with E-state index < -0.39 is 10.0 Å². The summed E-state index contributed by atoms with van der Waals surface area (Å²) in [5.41, 5.74) is 3.69. The van der Waals surface area contributed by atoms with Crippen LogP contribution in [0.4, 0.5) is 5.69 Å². The number of rotatable bonds is 6. The van der Waals surface area contributed by atoms with Crippen LogP contribution in [0.25, 0.3) is 10.9 Å². The molecule has 0 aliphatic carbocycles. The zero-order valence-corrected chi connectivity index (χ0v) is 22.2. The Morgan fingerprint density at radius 3 is 2.50 bits per heavy atom. The van der Waals surface area contributed by atoms with E-state index in [1.807, 2.05) is 43.3 Å². The first-order valence-corrected chi connectivity index (χ1v) is 13.7. The molecular weight excluding hydrogens is 539 g/mol. The molecule has 0 saturated carbocycles. The van der Waals surface area contributed by atoms with Crippen molar-refractivity contribution >= 4 is 67.1 Å². The minimum atomic E-state index is -3.84. The van der Waals surface area contributed by atoms with Gasteiger partial charge in [0.25, 0.3) is 0 Å². The van der Waals surface area contributed by atoms with Crippen molar-refractivity contribution in [2.75, 3.05) is 11.6 Å². The van der Waals surface area contributed by atoms with Crippen molar-refractivity contribution in [1.29, 1.82) is 0 Å². The molecule has 1 atom stereocenters. The number of benzene rings is 3. The number of nitrogens with zero attached hydrogens (tertiary/aromatic N) is 3. The number of sulfonamides is 1. The van der Waals surface area contributed by atoms with Crippen LogP contribution in [0, 0.1) is 6.92 Å². The maximum atomic E-state index is 13.2. The van der Waals surface area contributed by atoms with E-state index in [2.05, 4.69) is 9.71 Å². The van der Waals surface area contributed by atoms with Crippen LogP contribution in [0.5, 0.6) is 0 Å². The van der Waals surface area contributed by atoms with Crippen LogP contribution < -0.4 is 9.73 Å². The van der Waals surface area contributed by atoms with Crippen LogP contribution in [-0.4, -0.2) is 25.7 Å². The van der Waals surface area contributed by atoms with Gasteiger partial charge in [0.2, 0.25) is 10.0 Å². The largest absolute Gasteiger partial charge is 0.256 e. The Bertz CT molecular complexity index is 1590. The zero-order valence-electron chi connectivity index (χ0n) is 19.1. The molecule has 5 rings (SSSR count). The third-order valence-corrected chi connectivity index (χ3v) is 8.17. The van der Waals surface area contributed by atoms with Crippen LogP contribution in [0.15, 0.2) is 82.9 Å². The standard InChI is InChI=1S/C26H21Cl3N4O2S/c1-16-11-18-3-2-4-25(26(18)30-14-16)36(34,35)31-15-21-13-24(17-5-7-19(27)8-6-17)33(32-21)23-10-9-20(28)12-22(23)29/h2-12,14,24,31H,13,15H2,1H3. The zero-order chi connectivity index (χ0) is 25.4. The molecule has 1 aromatic heterocycles. The Labute approximate surface area is 224 Å². The molecule has 0 saturated heterocycles. The molecule has 1 N–H and O–H groups in total. The maximum absolute atomic E-state index is 13.2. The number of hydrogen-bond acceptors (Lipinski definition) is 5. The van der Waals surface area contributed by atoms with Crippen LogP contribution in [0.3, 0.4) is 0 Å². The Morgan fingerprint density at radius 1 is 1.00 bits per heavy atom. The van der Waals surface area contributed by atoms with Crippen molar-refractivity contribution in [1.82, 2.24) is 9.71 Å². The minimum absolute atomic E-state index is 0.0381. The molecule has 0 spiro atoms. The van der Waals surface area contributed by atoms with Gasteiger partial charge in [-0.15, -0.1) is 0 Å². The van der Waals surface area contributed by atoms with E-state index in [0.29, 0.717) is 38.4 Å². The molecule has 0 radical (unpaired) electrons. The quantitative estimate of drug-likeness (QED) is 0.282. The third kappa shape index (κ3) is 5.08. The van der Waals surface area contributed by atoms with Gasteiger partial charge >= 0.3 is 0 Å². The average Bonchev–Trinajstić information content (AvgIpc) is 3.27. The molecular formula is C26H21Cl3N4O2S. The molecule has 36 heavy (non-hydrogen) atoms. The molecule has 4 aromatic rings. The Morgan fingerprint density at radius 2 is 1.75 bits per heavy atom. The number of nitrogens with one attached hydrogen (secondary N) is 1. The smallest absolute Gasteiger partial charge is 0.243 e. The van der Waals surface area contributed by atoms with Gasteiger partial charge < -0.3 is 0 Å². The fraction of sp³-hybridized carbons (Fsp3) is 0.154. The van der Waals surface area contributed by atoms with Crippen molar-refractivity contribution in [3.8, 4) is 0 Å². The van der Waals surface area contributed by atoms with Gasteiger partial charge in [-0.05, 0) is 60.5 Å². The SMILES string of the molecule is Cc1cnc2c(S(=O)(=O)NCC3=NN(c4ccc(Cl)cc4Cl)C(c4ccc(Cl)cc4)C3)cccc2c1. The Balaban J connectivity index is 1.44. The number of halogens is 3. The normalized spacial score (nSPS) is 15.9. The second-order valence-electron chi connectivity index (χ2n) is 8.54. The van der Waals surface area contributed by atoms with Crippen LogP contribution in [-0.2, 0) is 10.0 Å². The second kappa shape index (κ2) is 10.00. The lowest BCUT2D eigenvalue weighted by Crippen LogP contribution is -2.29. The first-order valence-electron chi connectivity index (χ1n) is 11.1. The summed E-state index contributed by atoms with van der Waals surface area (Å²) in [6.45, 7) is 1.95. The number of pyridine rings is 1. The summed E-state index contributed by atoms with van der Waals surface area (Å²) in [6, 6.07) is 19.5. The van der Waals surface area contributed by atoms with Crippen LogP contribution in [0.1, 0.15) is 23.6 Å². The third-order valence-electron chi connectivity index (χ3n) is 5.95. The summed E-state index contributed by atoms with van der Waals surface area (Å²) >= 11 is 18.7. The number of hydrogen-bond donors (Lipinski definition) is 1. The van der Waals surface area contributed by atoms with E-state index in [4.69, 9.17) is 39.9 Å². The summed E-state index contributed by atoms with van der Waals surface area (Å²) in [4.78, 5) is 4.49. The highest BCUT2D eigenvalue weighted by molar-refractivity contribution is 7.89. The minimum Gasteiger partial charge on any atom is -0.256 e. The molecule has 0 fully saturated rings. The molecule has 10 heteroatoms. The monoisotopic (exact) mass is 558 g/mol. The lowest BCUT2D eigenvalue weighted by Gasteiger charge is -2.25. The highest BCUT2D eigenvalue weighted by Crippen LogP contribution is 2.39. The number of fused-ring (bicyclic) bond motifs is 1. The number of aromatic nitrogens is 1. The van der Waals surface area contributed by atoms with Crippen molar-refractivity contribution < 1.29 is 8.42 Å². The fourth-order valence-corrected chi connectivity index (χ4v) is 6.04. The molecule has 1 unspecified atom stereocenters. The summed E-state index contributed by atoms with van der Waals surface area (Å²) < 4.78 is 29.2. The molecule has 1 aliphatic heterocycles. The Hall–Kier alpha value is -2.68. The molecule has 3 aromatic carbocycles. The van der Waals surface area contributed by atoms with E-state index in [1.165, 1.54) is 0 Å². The van der Waals surface area contributed by atoms with Gasteiger partial charge in [-0.3, -0.25) is 9.99 Å². The number of aryl methyl sites for hydroxylation is 1. The second-order valence-corrected chi connectivity index (χ2v) is 11.6. The lowest BCUT2D eigenvalue weighted by atomic mass is 10.0. The molecule has 0 amide bonds. The molecule has 1 aliphatic rings. The predicted molar refractivity (Wildman–Crippen MR) is 147 cm³/mol. The number of anilines is 1. The van der Waals surface area contributed by atoms with Gasteiger partial charge in [0.15, 0.2) is 0 Å². The van der Waals surface area contributed by atoms with E-state index in [0.717, 1.165) is 16.5 Å². The molecule has 184 valence electrons. The van der Waals surface area contributed by atoms with Crippen molar-refractivity contribution in [2.24, 2.45) is 5.10 Å². The van der Waals surface area contributed by atoms with E-state index in [9.17, 15) is 8.42 Å². The van der Waals surface area contributed by atoms with E-state index in [-0.39, 0.29) is 17.5 Å². The summed E-state index contributed by atoms with van der Waals surface area (Å²) in [5.74, 6) is 0. The average molecular weight is 560 g/mol. The molecule has 2 heterocycles. The van der Waals surface area contributed by atoms with Crippen molar-refractivity contribution in [3.05, 3.63) is 99.1 Å². The van der Waals surface area contributed by atoms with Gasteiger partial charge in [-0.1, -0.05) is 59.1 Å². The van der Waals surface area contributed by atoms with Crippen molar-refractivity contribution in [2.45, 2.75) is 24.3 Å². The van der Waals surface area contributed by atoms with Crippen molar-refractivity contribution in [3.63, 3.8) is 0 Å². The van der Waals surface area contributed by atoms with Gasteiger partial charge in [0.05, 0.1) is 34.5 Å². The summed E-state index contributed by atoms with van der Waals surface area (Å²) in [6.07, 6.45) is 2.16. The highest BCUT2D eigenvalue weighted by atomic mass is 35.5. The summed E-state index contributed by atoms with van der Waals surface area (Å²) in [5, 5.41) is 8.90. The fourth-order valence-electron chi connectivity index (χ4n) is 4.23. The van der Waals surface area contributed by atoms with Crippen LogP contribution >= 0.6 is 34.8 Å². The predicted octanol–water partition coefficient (Wildman–Crippen LogP) is 6.79. The van der Waals surface area contributed by atoms with E-state index >= 15 is 0 Å². The Kier molecular flexibility index (Phi) is 6.94. The first kappa shape index (κ1) is 25.0. The van der Waals surface area contributed by atoms with Gasteiger partial charge in [-0.25, -0.2) is 13.1 Å². The molecule has 0 bridgehead atoms. The highest BCUT2D eigenvalue weighted by Gasteiger charge is 2.31. The summed E-state index contributed by atoms with van der Waals surface area (Å²) in [7, 11) is -3.84. The van der Waals surface area contributed by atoms with Gasteiger partial charge in [0, 0.05) is 28.0 Å². The lowest BCUT2D eigenvalue weighted by molar-refractivity contribution is 0.587. The molecule has 6 nitrogen and oxygen atoms in total. The van der Waals surface area contributed by atoms with Crippen LogP contribution in [0.2, 0.25) is 15.1 Å². The number of hydrazone groups is 1. The van der Waals surface area contributed by atoms with E-state index in [1.54, 1.807) is 41.5 Å².